The largest absolute Gasteiger partial charge is 0.298 e. The van der Waals surface area contributed by atoms with Crippen LogP contribution in [0.25, 0.3) is 17.3 Å². The Labute approximate surface area is 163 Å². The molecule has 0 bridgehead atoms. The van der Waals surface area contributed by atoms with Crippen molar-refractivity contribution in [1.82, 2.24) is 4.98 Å². The molecule has 7 heteroatoms. The van der Waals surface area contributed by atoms with E-state index >= 15 is 0 Å². The summed E-state index contributed by atoms with van der Waals surface area (Å²) in [7, 11) is 0. The van der Waals surface area contributed by atoms with Crippen LogP contribution in [0.3, 0.4) is 0 Å². The molecule has 0 aliphatic heterocycles. The molecule has 1 heterocycles. The number of benzene rings is 2. The van der Waals surface area contributed by atoms with Crippen molar-refractivity contribution in [2.45, 2.75) is 0 Å². The molecule has 0 fully saturated rings. The molecule has 3 aromatic rings. The number of carbonyl (C=O) groups excluding carboxylic acids is 1. The Morgan fingerprint density at radius 3 is 2.64 bits per heavy atom. The maximum absolute atomic E-state index is 12.0. The van der Waals surface area contributed by atoms with Gasteiger partial charge in [0.2, 0.25) is 5.91 Å². The number of amides is 1. The van der Waals surface area contributed by atoms with Crippen molar-refractivity contribution in [3.63, 3.8) is 0 Å². The van der Waals surface area contributed by atoms with E-state index in [-0.39, 0.29) is 5.91 Å². The van der Waals surface area contributed by atoms with Crippen LogP contribution in [0.15, 0.2) is 53.9 Å². The number of anilines is 1. The van der Waals surface area contributed by atoms with Crippen LogP contribution in [0.1, 0.15) is 5.56 Å². The van der Waals surface area contributed by atoms with Gasteiger partial charge in [-0.1, -0.05) is 46.9 Å². The molecule has 25 heavy (non-hydrogen) atoms. The Morgan fingerprint density at radius 2 is 1.88 bits per heavy atom. The monoisotopic (exact) mass is 408 g/mol. The Morgan fingerprint density at radius 1 is 1.08 bits per heavy atom. The topological polar surface area (TPSA) is 42.0 Å². The van der Waals surface area contributed by atoms with Gasteiger partial charge in [0.15, 0.2) is 5.13 Å². The Bertz CT molecular complexity index is 953. The standard InChI is InChI=1S/C18H11Cl3N2OS/c19-12-3-1-2-11(8-12)4-7-17(24)23-18-22-16(10-25-18)14-6-5-13(20)9-15(14)21/h1-10H,(H,22,23,24)/b7-4+. The lowest BCUT2D eigenvalue weighted by Crippen LogP contribution is -2.07. The van der Waals surface area contributed by atoms with E-state index in [9.17, 15) is 4.79 Å². The molecule has 0 radical (unpaired) electrons. The summed E-state index contributed by atoms with van der Waals surface area (Å²) in [4.78, 5) is 16.4. The molecular formula is C18H11Cl3N2OS. The van der Waals surface area contributed by atoms with Crippen LogP contribution in [0.5, 0.6) is 0 Å². The summed E-state index contributed by atoms with van der Waals surface area (Å²) in [6, 6.07) is 12.4. The molecule has 0 saturated heterocycles. The zero-order valence-electron chi connectivity index (χ0n) is 12.7. The first-order valence-electron chi connectivity index (χ1n) is 7.17. The molecule has 0 spiro atoms. The molecule has 126 valence electrons. The van der Waals surface area contributed by atoms with Crippen LogP contribution in [-0.2, 0) is 4.79 Å². The van der Waals surface area contributed by atoms with Crippen LogP contribution < -0.4 is 5.32 Å². The van der Waals surface area contributed by atoms with Crippen molar-refractivity contribution in [1.29, 1.82) is 0 Å². The summed E-state index contributed by atoms with van der Waals surface area (Å²) in [6.45, 7) is 0. The van der Waals surface area contributed by atoms with E-state index in [1.807, 2.05) is 17.5 Å². The number of hydrogen-bond acceptors (Lipinski definition) is 3. The molecule has 0 unspecified atom stereocenters. The Balaban J connectivity index is 1.69. The van der Waals surface area contributed by atoms with Crippen LogP contribution >= 0.6 is 46.1 Å². The van der Waals surface area contributed by atoms with E-state index in [0.717, 1.165) is 11.1 Å². The number of aromatic nitrogens is 1. The molecule has 3 rings (SSSR count). The van der Waals surface area contributed by atoms with E-state index in [1.165, 1.54) is 17.4 Å². The van der Waals surface area contributed by atoms with E-state index < -0.39 is 0 Å². The fraction of sp³-hybridized carbons (Fsp3) is 0. The second-order valence-electron chi connectivity index (χ2n) is 5.04. The van der Waals surface area contributed by atoms with Crippen molar-refractivity contribution in [2.24, 2.45) is 0 Å². The van der Waals surface area contributed by atoms with Crippen molar-refractivity contribution >= 4 is 63.3 Å². The van der Waals surface area contributed by atoms with Gasteiger partial charge in [0.05, 0.1) is 10.7 Å². The normalized spacial score (nSPS) is 11.0. The summed E-state index contributed by atoms with van der Waals surface area (Å²) < 4.78 is 0. The number of carbonyl (C=O) groups is 1. The van der Waals surface area contributed by atoms with Crippen molar-refractivity contribution in [2.75, 3.05) is 5.32 Å². The summed E-state index contributed by atoms with van der Waals surface area (Å²) in [5, 5.41) is 6.73. The zero-order valence-corrected chi connectivity index (χ0v) is 15.8. The van der Waals surface area contributed by atoms with E-state index in [1.54, 1.807) is 36.4 Å². The van der Waals surface area contributed by atoms with Gasteiger partial charge in [-0.05, 0) is 42.0 Å². The molecule has 0 aliphatic rings. The first-order valence-corrected chi connectivity index (χ1v) is 9.18. The van der Waals surface area contributed by atoms with Gasteiger partial charge in [0.25, 0.3) is 0 Å². The highest BCUT2D eigenvalue weighted by Gasteiger charge is 2.10. The SMILES string of the molecule is O=C(/C=C/c1cccc(Cl)c1)Nc1nc(-c2ccc(Cl)cc2Cl)cs1. The fourth-order valence-electron chi connectivity index (χ4n) is 2.08. The number of halogens is 3. The van der Waals surface area contributed by atoms with Crippen LogP contribution in [0.2, 0.25) is 15.1 Å². The van der Waals surface area contributed by atoms with Gasteiger partial charge in [0.1, 0.15) is 0 Å². The van der Waals surface area contributed by atoms with Gasteiger partial charge in [-0.3, -0.25) is 10.1 Å². The maximum Gasteiger partial charge on any atom is 0.250 e. The fourth-order valence-corrected chi connectivity index (χ4v) is 3.50. The maximum atomic E-state index is 12.0. The van der Waals surface area contributed by atoms with Gasteiger partial charge in [-0.2, -0.15) is 0 Å². The smallest absolute Gasteiger partial charge is 0.250 e. The van der Waals surface area contributed by atoms with E-state index in [2.05, 4.69) is 10.3 Å². The molecule has 0 atom stereocenters. The lowest BCUT2D eigenvalue weighted by Gasteiger charge is -2.01. The molecule has 2 aromatic carbocycles. The second-order valence-corrected chi connectivity index (χ2v) is 7.18. The molecule has 0 aliphatic carbocycles. The molecule has 1 N–H and O–H groups in total. The molecular weight excluding hydrogens is 399 g/mol. The van der Waals surface area contributed by atoms with Gasteiger partial charge >= 0.3 is 0 Å². The minimum Gasteiger partial charge on any atom is -0.298 e. The van der Waals surface area contributed by atoms with Crippen LogP contribution in [0, 0.1) is 0 Å². The molecule has 1 amide bonds. The molecule has 1 aromatic heterocycles. The van der Waals surface area contributed by atoms with Gasteiger partial charge < -0.3 is 0 Å². The first kappa shape index (κ1) is 18.0. The van der Waals surface area contributed by atoms with Crippen LogP contribution in [-0.4, -0.2) is 10.9 Å². The summed E-state index contributed by atoms with van der Waals surface area (Å²) in [6.07, 6.45) is 3.12. The number of nitrogens with zero attached hydrogens (tertiary/aromatic N) is 1. The first-order chi connectivity index (χ1) is 12.0. The average Bonchev–Trinajstić information content (AvgIpc) is 3.01. The Kier molecular flexibility index (Phi) is 5.76. The highest BCUT2D eigenvalue weighted by molar-refractivity contribution is 7.14. The number of nitrogens with one attached hydrogen (secondary N) is 1. The van der Waals surface area contributed by atoms with Crippen LogP contribution in [0.4, 0.5) is 5.13 Å². The van der Waals surface area contributed by atoms with Crippen molar-refractivity contribution < 1.29 is 4.79 Å². The quantitative estimate of drug-likeness (QED) is 0.505. The third-order valence-corrected chi connectivity index (χ3v) is 4.76. The zero-order chi connectivity index (χ0) is 17.8. The van der Waals surface area contributed by atoms with Crippen molar-refractivity contribution in [3.8, 4) is 11.3 Å². The molecule has 0 saturated carbocycles. The minimum absolute atomic E-state index is 0.275. The third kappa shape index (κ3) is 4.83. The summed E-state index contributed by atoms with van der Waals surface area (Å²) in [5.41, 5.74) is 2.29. The highest BCUT2D eigenvalue weighted by atomic mass is 35.5. The number of thiazole rings is 1. The van der Waals surface area contributed by atoms with Gasteiger partial charge in [-0.15, -0.1) is 11.3 Å². The lowest BCUT2D eigenvalue weighted by atomic mass is 10.2. The summed E-state index contributed by atoms with van der Waals surface area (Å²) >= 11 is 19.3. The van der Waals surface area contributed by atoms with E-state index in [4.69, 9.17) is 34.8 Å². The Hall–Kier alpha value is -1.85. The van der Waals surface area contributed by atoms with Crippen molar-refractivity contribution in [3.05, 3.63) is 74.6 Å². The lowest BCUT2D eigenvalue weighted by molar-refractivity contribution is -0.111. The second kappa shape index (κ2) is 8.02. The average molecular weight is 410 g/mol. The number of hydrogen-bond donors (Lipinski definition) is 1. The highest BCUT2D eigenvalue weighted by Crippen LogP contribution is 2.32. The third-order valence-electron chi connectivity index (χ3n) is 3.22. The van der Waals surface area contributed by atoms with Gasteiger partial charge in [0, 0.05) is 27.1 Å². The molecule has 3 nitrogen and oxygen atoms in total. The minimum atomic E-state index is -0.275. The summed E-state index contributed by atoms with van der Waals surface area (Å²) in [5.74, 6) is -0.275. The number of rotatable bonds is 4. The van der Waals surface area contributed by atoms with Gasteiger partial charge in [-0.25, -0.2) is 4.98 Å². The van der Waals surface area contributed by atoms with E-state index in [0.29, 0.717) is 25.9 Å². The predicted molar refractivity (Wildman–Crippen MR) is 107 cm³/mol. The predicted octanol–water partition coefficient (Wildman–Crippen LogP) is 6.42.